The number of likely N-dealkylation sites (tertiary alicyclic amines) is 1. The molecule has 2 aromatic rings. The van der Waals surface area contributed by atoms with Crippen molar-refractivity contribution < 1.29 is 22.7 Å². The number of aliphatic imine (C=N–C) groups is 2. The third kappa shape index (κ3) is 4.48. The standard InChI is InChI=1S/C21H17ClF3N3O2/c22-15-7-3-14(4-8-15)20(29)28-11-1-2-18(28)17-12-26-19(27-17)13-5-9-16(10-6-13)30-21(23,24)25/h3-10,18H,1-2,11-12H2. The number of nitrogens with zero attached hydrogens (tertiary/aromatic N) is 3. The smallest absolute Gasteiger partial charge is 0.406 e. The van der Waals surface area contributed by atoms with Gasteiger partial charge in [0, 0.05) is 22.7 Å². The molecule has 1 amide bonds. The zero-order chi connectivity index (χ0) is 21.3. The number of ether oxygens (including phenoxy) is 1. The Morgan fingerprint density at radius 3 is 2.47 bits per heavy atom. The van der Waals surface area contributed by atoms with E-state index in [1.807, 2.05) is 0 Å². The number of hydrogen-bond donors (Lipinski definition) is 0. The van der Waals surface area contributed by atoms with Crippen LogP contribution in [0.25, 0.3) is 0 Å². The molecule has 2 heterocycles. The highest BCUT2D eigenvalue weighted by Crippen LogP contribution is 2.26. The summed E-state index contributed by atoms with van der Waals surface area (Å²) in [7, 11) is 0. The number of amides is 1. The minimum atomic E-state index is -4.74. The Hall–Kier alpha value is -2.87. The van der Waals surface area contributed by atoms with Crippen molar-refractivity contribution in [3.63, 3.8) is 0 Å². The number of halogens is 4. The molecule has 0 saturated carbocycles. The Morgan fingerprint density at radius 1 is 1.10 bits per heavy atom. The van der Waals surface area contributed by atoms with E-state index in [4.69, 9.17) is 11.6 Å². The molecule has 9 heteroatoms. The molecule has 0 radical (unpaired) electrons. The van der Waals surface area contributed by atoms with Gasteiger partial charge in [0.1, 0.15) is 5.75 Å². The van der Waals surface area contributed by atoms with Crippen molar-refractivity contribution in [2.45, 2.75) is 25.2 Å². The molecule has 2 aliphatic rings. The summed E-state index contributed by atoms with van der Waals surface area (Å²) in [6.07, 6.45) is -3.08. The molecule has 156 valence electrons. The maximum absolute atomic E-state index is 12.9. The molecule has 30 heavy (non-hydrogen) atoms. The number of amidine groups is 1. The van der Waals surface area contributed by atoms with E-state index in [1.54, 1.807) is 29.2 Å². The third-order valence-corrected chi connectivity index (χ3v) is 5.23. The monoisotopic (exact) mass is 435 g/mol. The van der Waals surface area contributed by atoms with Crippen molar-refractivity contribution in [1.82, 2.24) is 4.90 Å². The lowest BCUT2D eigenvalue weighted by atomic mass is 10.1. The van der Waals surface area contributed by atoms with Gasteiger partial charge in [0.2, 0.25) is 0 Å². The summed E-state index contributed by atoms with van der Waals surface area (Å²) < 4.78 is 40.8. The zero-order valence-corrected chi connectivity index (χ0v) is 16.5. The van der Waals surface area contributed by atoms with Crippen LogP contribution in [-0.2, 0) is 0 Å². The first-order valence-electron chi connectivity index (χ1n) is 9.35. The molecular formula is C21H17ClF3N3O2. The molecular weight excluding hydrogens is 419 g/mol. The third-order valence-electron chi connectivity index (χ3n) is 4.98. The van der Waals surface area contributed by atoms with Gasteiger partial charge in [0.15, 0.2) is 5.84 Å². The fourth-order valence-corrected chi connectivity index (χ4v) is 3.74. The van der Waals surface area contributed by atoms with Gasteiger partial charge >= 0.3 is 6.36 Å². The normalized spacial score (nSPS) is 18.9. The van der Waals surface area contributed by atoms with Crippen LogP contribution in [0.4, 0.5) is 13.2 Å². The topological polar surface area (TPSA) is 54.3 Å². The van der Waals surface area contributed by atoms with Crippen LogP contribution < -0.4 is 4.74 Å². The number of hydrogen-bond acceptors (Lipinski definition) is 4. The van der Waals surface area contributed by atoms with Crippen molar-refractivity contribution >= 4 is 29.1 Å². The summed E-state index contributed by atoms with van der Waals surface area (Å²) in [5.74, 6) is 0.0536. The zero-order valence-electron chi connectivity index (χ0n) is 15.7. The Labute approximate surface area is 175 Å². The molecule has 0 aliphatic carbocycles. The quantitative estimate of drug-likeness (QED) is 0.696. The first-order chi connectivity index (χ1) is 14.3. The molecule has 0 aromatic heterocycles. The van der Waals surface area contributed by atoms with Crippen molar-refractivity contribution in [2.24, 2.45) is 9.98 Å². The Balaban J connectivity index is 1.48. The highest BCUT2D eigenvalue weighted by Gasteiger charge is 2.34. The van der Waals surface area contributed by atoms with Gasteiger partial charge in [-0.3, -0.25) is 9.79 Å². The Morgan fingerprint density at radius 2 is 1.80 bits per heavy atom. The average Bonchev–Trinajstić information content (AvgIpc) is 3.37. The highest BCUT2D eigenvalue weighted by molar-refractivity contribution is 6.30. The van der Waals surface area contributed by atoms with Crippen molar-refractivity contribution in [3.05, 3.63) is 64.7 Å². The summed E-state index contributed by atoms with van der Waals surface area (Å²) in [6.45, 7) is 0.981. The van der Waals surface area contributed by atoms with Crippen molar-refractivity contribution in [3.8, 4) is 5.75 Å². The van der Waals surface area contributed by atoms with Crippen molar-refractivity contribution in [1.29, 1.82) is 0 Å². The summed E-state index contributed by atoms with van der Waals surface area (Å²) >= 11 is 5.90. The second-order valence-electron chi connectivity index (χ2n) is 6.98. The van der Waals surface area contributed by atoms with E-state index in [1.165, 1.54) is 24.3 Å². The minimum Gasteiger partial charge on any atom is -0.406 e. The van der Waals surface area contributed by atoms with E-state index in [0.717, 1.165) is 18.6 Å². The lowest BCUT2D eigenvalue weighted by Crippen LogP contribution is -2.41. The lowest BCUT2D eigenvalue weighted by molar-refractivity contribution is -0.274. The summed E-state index contributed by atoms with van der Waals surface area (Å²) in [4.78, 5) is 23.7. The van der Waals surface area contributed by atoms with Crippen LogP contribution in [-0.4, -0.2) is 47.8 Å². The number of carbonyl (C=O) groups excluding carboxylic acids is 1. The molecule has 1 unspecified atom stereocenters. The molecule has 1 fully saturated rings. The summed E-state index contributed by atoms with van der Waals surface area (Å²) in [6, 6.07) is 12.0. The number of rotatable bonds is 4. The molecule has 2 aliphatic heterocycles. The number of carbonyl (C=O) groups is 1. The fraction of sp³-hybridized carbons (Fsp3) is 0.286. The molecule has 2 aromatic carbocycles. The first-order valence-corrected chi connectivity index (χ1v) is 9.72. The maximum Gasteiger partial charge on any atom is 0.573 e. The van der Waals surface area contributed by atoms with E-state index in [0.29, 0.717) is 35.1 Å². The van der Waals surface area contributed by atoms with E-state index < -0.39 is 6.36 Å². The van der Waals surface area contributed by atoms with Gasteiger partial charge in [-0.05, 0) is 61.4 Å². The fourth-order valence-electron chi connectivity index (χ4n) is 3.62. The van der Waals surface area contributed by atoms with Gasteiger partial charge in [0.05, 0.1) is 18.3 Å². The van der Waals surface area contributed by atoms with E-state index >= 15 is 0 Å². The van der Waals surface area contributed by atoms with Gasteiger partial charge < -0.3 is 9.64 Å². The maximum atomic E-state index is 12.9. The summed E-state index contributed by atoms with van der Waals surface area (Å²) in [5.41, 5.74) is 1.93. The average molecular weight is 436 g/mol. The lowest BCUT2D eigenvalue weighted by Gasteiger charge is -2.24. The number of alkyl halides is 3. The van der Waals surface area contributed by atoms with Crippen LogP contribution >= 0.6 is 11.6 Å². The molecule has 0 N–H and O–H groups in total. The van der Waals surface area contributed by atoms with Gasteiger partial charge in [-0.25, -0.2) is 4.99 Å². The van der Waals surface area contributed by atoms with Gasteiger partial charge in [-0.15, -0.1) is 13.2 Å². The molecule has 4 rings (SSSR count). The van der Waals surface area contributed by atoms with Crippen LogP contribution in [0, 0.1) is 0 Å². The predicted octanol–water partition coefficient (Wildman–Crippen LogP) is 4.74. The van der Waals surface area contributed by atoms with Crippen LogP contribution in [0.3, 0.4) is 0 Å². The van der Waals surface area contributed by atoms with Gasteiger partial charge in [-0.1, -0.05) is 11.6 Å². The molecule has 1 atom stereocenters. The van der Waals surface area contributed by atoms with Crippen LogP contribution in [0.1, 0.15) is 28.8 Å². The Bertz CT molecular complexity index is 1000. The minimum absolute atomic E-state index is 0.0843. The SMILES string of the molecule is O=C(c1ccc(Cl)cc1)N1CCCC1C1=NC(c2ccc(OC(F)(F)F)cc2)=NC1. The highest BCUT2D eigenvalue weighted by atomic mass is 35.5. The molecule has 0 spiro atoms. The molecule has 0 bridgehead atoms. The van der Waals surface area contributed by atoms with E-state index in [2.05, 4.69) is 14.7 Å². The van der Waals surface area contributed by atoms with Crippen LogP contribution in [0.2, 0.25) is 5.02 Å². The van der Waals surface area contributed by atoms with E-state index in [-0.39, 0.29) is 17.7 Å². The molecule has 5 nitrogen and oxygen atoms in total. The van der Waals surface area contributed by atoms with Gasteiger partial charge in [-0.2, -0.15) is 0 Å². The largest absolute Gasteiger partial charge is 0.573 e. The van der Waals surface area contributed by atoms with Crippen LogP contribution in [0.15, 0.2) is 58.5 Å². The summed E-state index contributed by atoms with van der Waals surface area (Å²) in [5, 5.41) is 0.564. The first kappa shape index (κ1) is 20.4. The number of benzene rings is 2. The van der Waals surface area contributed by atoms with Crippen molar-refractivity contribution in [2.75, 3.05) is 13.1 Å². The molecule has 1 saturated heterocycles. The second kappa shape index (κ2) is 8.10. The Kier molecular flexibility index (Phi) is 5.51. The predicted molar refractivity (Wildman–Crippen MR) is 107 cm³/mol. The second-order valence-corrected chi connectivity index (χ2v) is 7.42. The van der Waals surface area contributed by atoms with Crippen LogP contribution in [0.5, 0.6) is 5.75 Å². The van der Waals surface area contributed by atoms with E-state index in [9.17, 15) is 18.0 Å². The van der Waals surface area contributed by atoms with Gasteiger partial charge in [0.25, 0.3) is 5.91 Å².